The highest BCUT2D eigenvalue weighted by atomic mass is 16.9. The topological polar surface area (TPSA) is 152 Å². The number of esters is 1. The third-order valence-corrected chi connectivity index (χ3v) is 2.62. The minimum absolute atomic E-state index is 0.0432. The van der Waals surface area contributed by atoms with Crippen molar-refractivity contribution in [2.24, 2.45) is 5.73 Å². The molecule has 9 nitrogen and oxygen atoms in total. The van der Waals surface area contributed by atoms with Gasteiger partial charge in [-0.25, -0.2) is 0 Å². The van der Waals surface area contributed by atoms with Gasteiger partial charge in [-0.05, 0) is 0 Å². The minimum atomic E-state index is -2.31. The number of aliphatic hydroxyl groups excluding tert-OH is 4. The highest BCUT2D eigenvalue weighted by Gasteiger charge is 2.57. The molecule has 0 aromatic heterocycles. The summed E-state index contributed by atoms with van der Waals surface area (Å²) in [5.41, 5.74) is 5.25. The monoisotopic (exact) mass is 281 g/mol. The van der Waals surface area contributed by atoms with E-state index < -0.39 is 43.0 Å². The Morgan fingerprint density at radius 3 is 2.47 bits per heavy atom. The smallest absolute Gasteiger partial charge is 0.360 e. The van der Waals surface area contributed by atoms with Gasteiger partial charge in [0.1, 0.15) is 18.3 Å². The van der Waals surface area contributed by atoms with Crippen molar-refractivity contribution in [2.75, 3.05) is 19.8 Å². The number of ether oxygens (including phenoxy) is 3. The first-order chi connectivity index (χ1) is 8.88. The van der Waals surface area contributed by atoms with Gasteiger partial charge < -0.3 is 40.4 Å². The van der Waals surface area contributed by atoms with Gasteiger partial charge in [0.05, 0.1) is 13.2 Å². The van der Waals surface area contributed by atoms with Crippen molar-refractivity contribution in [3.63, 3.8) is 0 Å². The maximum Gasteiger partial charge on any atom is 0.360 e. The van der Waals surface area contributed by atoms with Crippen LogP contribution in [0.2, 0.25) is 0 Å². The van der Waals surface area contributed by atoms with E-state index in [9.17, 15) is 20.1 Å². The van der Waals surface area contributed by atoms with E-state index in [4.69, 9.17) is 25.1 Å². The molecule has 0 aromatic carbocycles. The lowest BCUT2D eigenvalue weighted by Crippen LogP contribution is -2.67. The molecule has 1 aliphatic heterocycles. The van der Waals surface area contributed by atoms with E-state index in [-0.39, 0.29) is 13.2 Å². The van der Waals surface area contributed by atoms with Gasteiger partial charge in [-0.2, -0.15) is 0 Å². The molecule has 0 radical (unpaired) electrons. The van der Waals surface area contributed by atoms with Gasteiger partial charge in [0.15, 0.2) is 6.10 Å². The van der Waals surface area contributed by atoms with E-state index in [0.29, 0.717) is 0 Å². The zero-order valence-corrected chi connectivity index (χ0v) is 10.4. The van der Waals surface area contributed by atoms with Crippen molar-refractivity contribution in [1.82, 2.24) is 0 Å². The van der Waals surface area contributed by atoms with Gasteiger partial charge in [0, 0.05) is 13.5 Å². The summed E-state index contributed by atoms with van der Waals surface area (Å²) in [6.45, 7) is 0.293. The molecule has 0 aliphatic carbocycles. The van der Waals surface area contributed by atoms with Gasteiger partial charge in [-0.1, -0.05) is 0 Å². The Bertz CT molecular complexity index is 312. The van der Waals surface area contributed by atoms with Gasteiger partial charge in [0.25, 0.3) is 0 Å². The summed E-state index contributed by atoms with van der Waals surface area (Å²) in [6, 6.07) is 0. The standard InChI is InChI=1S/C10H19NO8/c1-5(13)18-10(17-3-2-11)9(16)8(15)7(14)6(4-12)19-10/h6-9,12,14-16H,2-4,11H2,1H3/t6-,7+,8+,9-,10-/m1/s1. The minimum Gasteiger partial charge on any atom is -0.406 e. The summed E-state index contributed by atoms with van der Waals surface area (Å²) in [6.07, 6.45) is -6.40. The molecule has 19 heavy (non-hydrogen) atoms. The summed E-state index contributed by atoms with van der Waals surface area (Å²) in [4.78, 5) is 11.1. The fraction of sp³-hybridized carbons (Fsp3) is 0.900. The Morgan fingerprint density at radius 1 is 1.37 bits per heavy atom. The Balaban J connectivity index is 3.00. The van der Waals surface area contributed by atoms with Crippen LogP contribution in [0.25, 0.3) is 0 Å². The lowest BCUT2D eigenvalue weighted by Gasteiger charge is -2.46. The number of aliphatic hydroxyl groups is 4. The normalized spacial score (nSPS) is 39.1. The second kappa shape index (κ2) is 6.57. The van der Waals surface area contributed by atoms with Crippen molar-refractivity contribution in [3.05, 3.63) is 0 Å². The van der Waals surface area contributed by atoms with Crippen molar-refractivity contribution in [1.29, 1.82) is 0 Å². The van der Waals surface area contributed by atoms with Crippen molar-refractivity contribution < 1.29 is 39.4 Å². The van der Waals surface area contributed by atoms with Crippen LogP contribution >= 0.6 is 0 Å². The molecule has 0 amide bonds. The van der Waals surface area contributed by atoms with Crippen LogP contribution in [0.4, 0.5) is 0 Å². The quantitative estimate of drug-likeness (QED) is 0.257. The average Bonchev–Trinajstić information content (AvgIpc) is 2.37. The Kier molecular flexibility index (Phi) is 5.62. The number of carbonyl (C=O) groups is 1. The first-order valence-corrected chi connectivity index (χ1v) is 5.74. The molecule has 1 heterocycles. The van der Waals surface area contributed by atoms with E-state index in [1.165, 1.54) is 0 Å². The lowest BCUT2D eigenvalue weighted by atomic mass is 9.97. The largest absolute Gasteiger partial charge is 0.406 e. The van der Waals surface area contributed by atoms with Gasteiger partial charge in [-0.3, -0.25) is 4.79 Å². The molecule has 6 N–H and O–H groups in total. The maximum absolute atomic E-state index is 11.1. The zero-order valence-electron chi connectivity index (χ0n) is 10.4. The first kappa shape index (κ1) is 16.2. The molecule has 112 valence electrons. The molecule has 1 rings (SSSR count). The van der Waals surface area contributed by atoms with E-state index in [0.717, 1.165) is 6.92 Å². The second-order valence-electron chi connectivity index (χ2n) is 4.10. The number of rotatable bonds is 5. The number of carbonyl (C=O) groups excluding carboxylic acids is 1. The Hall–Kier alpha value is -0.810. The average molecular weight is 281 g/mol. The number of nitrogens with two attached hydrogens (primary N) is 1. The van der Waals surface area contributed by atoms with Crippen LogP contribution in [0.1, 0.15) is 6.92 Å². The molecule has 1 fully saturated rings. The predicted octanol–water partition coefficient (Wildman–Crippen LogP) is -3.35. The summed E-state index contributed by atoms with van der Waals surface area (Å²) < 4.78 is 14.9. The maximum atomic E-state index is 11.1. The molecule has 9 heteroatoms. The molecular weight excluding hydrogens is 262 g/mol. The van der Waals surface area contributed by atoms with Crippen LogP contribution in [0, 0.1) is 0 Å². The Labute approximate surface area is 109 Å². The van der Waals surface area contributed by atoms with Crippen molar-refractivity contribution in [3.8, 4) is 0 Å². The van der Waals surface area contributed by atoms with Crippen LogP contribution in [0.15, 0.2) is 0 Å². The molecule has 0 aromatic rings. The molecule has 1 saturated heterocycles. The highest BCUT2D eigenvalue weighted by Crippen LogP contribution is 2.32. The van der Waals surface area contributed by atoms with Crippen molar-refractivity contribution >= 4 is 5.97 Å². The highest BCUT2D eigenvalue weighted by molar-refractivity contribution is 5.66. The molecule has 0 unspecified atom stereocenters. The van der Waals surface area contributed by atoms with Crippen LogP contribution in [-0.2, 0) is 19.0 Å². The fourth-order valence-corrected chi connectivity index (χ4v) is 1.75. The van der Waals surface area contributed by atoms with Gasteiger partial charge in [0.2, 0.25) is 0 Å². The Morgan fingerprint density at radius 2 is 2.00 bits per heavy atom. The second-order valence-corrected chi connectivity index (χ2v) is 4.10. The van der Waals surface area contributed by atoms with E-state index in [1.54, 1.807) is 0 Å². The van der Waals surface area contributed by atoms with E-state index >= 15 is 0 Å². The van der Waals surface area contributed by atoms with Gasteiger partial charge >= 0.3 is 11.9 Å². The third-order valence-electron chi connectivity index (χ3n) is 2.62. The summed E-state index contributed by atoms with van der Waals surface area (Å²) in [7, 11) is 0. The lowest BCUT2D eigenvalue weighted by molar-refractivity contribution is -0.446. The number of hydrogen-bond donors (Lipinski definition) is 5. The molecule has 1 aliphatic rings. The molecule has 5 atom stereocenters. The third kappa shape index (κ3) is 3.39. The van der Waals surface area contributed by atoms with E-state index in [2.05, 4.69) is 0 Å². The summed E-state index contributed by atoms with van der Waals surface area (Å²) >= 11 is 0. The summed E-state index contributed by atoms with van der Waals surface area (Å²) in [5.74, 6) is -3.14. The van der Waals surface area contributed by atoms with Crippen LogP contribution in [0.3, 0.4) is 0 Å². The SMILES string of the molecule is CC(=O)O[C@@]1(OCCN)O[C@H](CO)[C@H](O)[C@H](O)[C@H]1O. The summed E-state index contributed by atoms with van der Waals surface area (Å²) in [5, 5.41) is 38.2. The van der Waals surface area contributed by atoms with Gasteiger partial charge in [-0.15, -0.1) is 0 Å². The molecular formula is C10H19NO8. The molecule has 0 saturated carbocycles. The van der Waals surface area contributed by atoms with Crippen molar-refractivity contribution in [2.45, 2.75) is 37.3 Å². The predicted molar refractivity (Wildman–Crippen MR) is 59.5 cm³/mol. The molecule has 0 bridgehead atoms. The van der Waals surface area contributed by atoms with Crippen LogP contribution in [0.5, 0.6) is 0 Å². The van der Waals surface area contributed by atoms with Crippen LogP contribution in [-0.4, -0.2) is 76.5 Å². The zero-order chi connectivity index (χ0) is 14.6. The number of hydrogen-bond acceptors (Lipinski definition) is 9. The fourth-order valence-electron chi connectivity index (χ4n) is 1.75. The first-order valence-electron chi connectivity index (χ1n) is 5.74. The molecule has 0 spiro atoms. The van der Waals surface area contributed by atoms with Crippen LogP contribution < -0.4 is 5.73 Å². The van der Waals surface area contributed by atoms with E-state index in [1.807, 2.05) is 0 Å².